The van der Waals surface area contributed by atoms with E-state index in [9.17, 15) is 4.79 Å². The second kappa shape index (κ2) is 6.93. The van der Waals surface area contributed by atoms with Crippen LogP contribution in [0.1, 0.15) is 28.3 Å². The number of aromatic amines is 1. The second-order valence-electron chi connectivity index (χ2n) is 6.81. The third-order valence-electron chi connectivity index (χ3n) is 5.01. The number of H-pyrrole nitrogens is 1. The number of fused-ring (bicyclic) bond motifs is 1. The number of carbonyl (C=O) groups excluding carboxylic acids is 1. The Hall–Kier alpha value is -2.25. The molecule has 0 bridgehead atoms. The minimum Gasteiger partial charge on any atom is -0.371 e. The fraction of sp³-hybridized carbons (Fsp3) is 0.500. The lowest BCUT2D eigenvalue weighted by molar-refractivity contribution is 0.0434. The lowest BCUT2D eigenvalue weighted by atomic mass is 10.1. The molecule has 0 aromatic carbocycles. The number of carbonyl (C=O) groups is 1. The van der Waals surface area contributed by atoms with Gasteiger partial charge in [0, 0.05) is 44.1 Å². The molecule has 0 saturated carbocycles. The third-order valence-corrected chi connectivity index (χ3v) is 5.01. The molecule has 1 amide bonds. The van der Waals surface area contributed by atoms with Gasteiger partial charge in [-0.05, 0) is 31.5 Å². The van der Waals surface area contributed by atoms with Gasteiger partial charge < -0.3 is 9.64 Å². The number of nitrogens with one attached hydrogen (secondary N) is 1. The van der Waals surface area contributed by atoms with Crippen LogP contribution in [0.3, 0.4) is 0 Å². The highest BCUT2D eigenvalue weighted by Crippen LogP contribution is 2.25. The summed E-state index contributed by atoms with van der Waals surface area (Å²) in [6.07, 6.45) is 2.77. The Labute approximate surface area is 147 Å². The van der Waals surface area contributed by atoms with Crippen molar-refractivity contribution >= 4 is 5.91 Å². The van der Waals surface area contributed by atoms with Crippen molar-refractivity contribution in [2.24, 2.45) is 0 Å². The van der Waals surface area contributed by atoms with Crippen LogP contribution in [0.15, 0.2) is 30.5 Å². The first-order valence-corrected chi connectivity index (χ1v) is 8.76. The van der Waals surface area contributed by atoms with E-state index in [1.165, 1.54) is 0 Å². The minimum atomic E-state index is 0.0329. The normalized spacial score (nSPS) is 23.6. The number of nitrogens with zero attached hydrogens (tertiary/aromatic N) is 4. The third kappa shape index (κ3) is 3.57. The minimum absolute atomic E-state index is 0.0329. The summed E-state index contributed by atoms with van der Waals surface area (Å²) in [5.74, 6) is 0.0329. The fourth-order valence-electron chi connectivity index (χ4n) is 3.73. The molecule has 7 nitrogen and oxygen atoms in total. The maximum Gasteiger partial charge on any atom is 0.271 e. The van der Waals surface area contributed by atoms with E-state index >= 15 is 0 Å². The van der Waals surface area contributed by atoms with Gasteiger partial charge in [0.2, 0.25) is 0 Å². The number of piperazine rings is 1. The van der Waals surface area contributed by atoms with Crippen molar-refractivity contribution < 1.29 is 9.53 Å². The first-order valence-electron chi connectivity index (χ1n) is 8.76. The number of hydrogen-bond donors (Lipinski definition) is 1. The van der Waals surface area contributed by atoms with Gasteiger partial charge in [0.1, 0.15) is 5.69 Å². The molecule has 2 atom stereocenters. The molecule has 7 heteroatoms. The highest BCUT2D eigenvalue weighted by Gasteiger charge is 2.38. The maximum absolute atomic E-state index is 12.5. The van der Waals surface area contributed by atoms with Crippen LogP contribution in [0.2, 0.25) is 0 Å². The number of ether oxygens (including phenoxy) is 1. The predicted molar refractivity (Wildman–Crippen MR) is 92.0 cm³/mol. The number of pyridine rings is 1. The number of rotatable bonds is 4. The molecule has 2 aliphatic heterocycles. The van der Waals surface area contributed by atoms with Crippen LogP contribution in [0, 0.1) is 6.92 Å². The Balaban J connectivity index is 1.32. The molecule has 0 radical (unpaired) electrons. The zero-order valence-corrected chi connectivity index (χ0v) is 14.4. The zero-order chi connectivity index (χ0) is 17.2. The summed E-state index contributed by atoms with van der Waals surface area (Å²) >= 11 is 0. The molecule has 1 N–H and O–H groups in total. The molecule has 2 aromatic rings. The fourth-order valence-corrected chi connectivity index (χ4v) is 3.73. The summed E-state index contributed by atoms with van der Waals surface area (Å²) in [4.78, 5) is 21.3. The van der Waals surface area contributed by atoms with E-state index < -0.39 is 0 Å². The van der Waals surface area contributed by atoms with E-state index in [0.717, 1.165) is 44.0 Å². The van der Waals surface area contributed by atoms with Crippen molar-refractivity contribution in [1.82, 2.24) is 25.0 Å². The van der Waals surface area contributed by atoms with Gasteiger partial charge in [0.05, 0.1) is 18.4 Å². The van der Waals surface area contributed by atoms with Crippen LogP contribution >= 0.6 is 0 Å². The highest BCUT2D eigenvalue weighted by molar-refractivity contribution is 5.92. The Morgan fingerprint density at radius 3 is 3.04 bits per heavy atom. The van der Waals surface area contributed by atoms with Crippen LogP contribution < -0.4 is 0 Å². The van der Waals surface area contributed by atoms with Gasteiger partial charge in [-0.1, -0.05) is 6.07 Å². The van der Waals surface area contributed by atoms with Crippen molar-refractivity contribution in [1.29, 1.82) is 0 Å². The van der Waals surface area contributed by atoms with E-state index in [1.807, 2.05) is 30.0 Å². The van der Waals surface area contributed by atoms with Crippen LogP contribution in [-0.4, -0.2) is 69.2 Å². The van der Waals surface area contributed by atoms with Crippen LogP contribution in [0.4, 0.5) is 0 Å². The quantitative estimate of drug-likeness (QED) is 0.905. The lowest BCUT2D eigenvalue weighted by Crippen LogP contribution is -2.52. The molecular formula is C18H23N5O2. The van der Waals surface area contributed by atoms with Crippen molar-refractivity contribution in [3.8, 4) is 0 Å². The summed E-state index contributed by atoms with van der Waals surface area (Å²) < 4.78 is 6.08. The first-order chi connectivity index (χ1) is 12.2. The summed E-state index contributed by atoms with van der Waals surface area (Å²) in [6.45, 7) is 5.87. The Kier molecular flexibility index (Phi) is 4.50. The van der Waals surface area contributed by atoms with Crippen molar-refractivity contribution in [3.63, 3.8) is 0 Å². The van der Waals surface area contributed by atoms with Crippen molar-refractivity contribution in [2.45, 2.75) is 32.1 Å². The molecule has 25 heavy (non-hydrogen) atoms. The Morgan fingerprint density at radius 2 is 2.24 bits per heavy atom. The Bertz CT molecular complexity index is 733. The van der Waals surface area contributed by atoms with Crippen LogP contribution in [-0.2, 0) is 11.3 Å². The van der Waals surface area contributed by atoms with E-state index in [4.69, 9.17) is 4.74 Å². The van der Waals surface area contributed by atoms with E-state index in [1.54, 1.807) is 12.3 Å². The molecule has 0 unspecified atom stereocenters. The average Bonchev–Trinajstić information content (AvgIpc) is 3.28. The van der Waals surface area contributed by atoms with Gasteiger partial charge >= 0.3 is 0 Å². The summed E-state index contributed by atoms with van der Waals surface area (Å²) in [7, 11) is 0. The summed E-state index contributed by atoms with van der Waals surface area (Å²) in [6, 6.07) is 8.10. The van der Waals surface area contributed by atoms with Crippen LogP contribution in [0.25, 0.3) is 0 Å². The number of aromatic nitrogens is 3. The number of aryl methyl sites for hydroxylation is 1. The molecule has 4 heterocycles. The Morgan fingerprint density at radius 1 is 1.32 bits per heavy atom. The molecule has 2 aromatic heterocycles. The molecule has 2 fully saturated rings. The molecule has 2 saturated heterocycles. The number of amides is 1. The first kappa shape index (κ1) is 16.2. The lowest BCUT2D eigenvalue weighted by Gasteiger charge is -2.36. The monoisotopic (exact) mass is 341 g/mol. The molecule has 4 rings (SSSR count). The van der Waals surface area contributed by atoms with Gasteiger partial charge in [0.25, 0.3) is 5.91 Å². The molecule has 2 aliphatic rings. The van der Waals surface area contributed by atoms with Crippen molar-refractivity contribution in [2.75, 3.05) is 26.2 Å². The van der Waals surface area contributed by atoms with Crippen molar-refractivity contribution in [3.05, 3.63) is 47.5 Å². The van der Waals surface area contributed by atoms with Gasteiger partial charge in [-0.2, -0.15) is 5.10 Å². The van der Waals surface area contributed by atoms with Gasteiger partial charge in [0.15, 0.2) is 0 Å². The largest absolute Gasteiger partial charge is 0.371 e. The molecule has 0 spiro atoms. The smallest absolute Gasteiger partial charge is 0.271 e. The van der Waals surface area contributed by atoms with Gasteiger partial charge in [-0.3, -0.25) is 19.8 Å². The van der Waals surface area contributed by atoms with E-state index in [-0.39, 0.29) is 12.0 Å². The maximum atomic E-state index is 12.5. The van der Waals surface area contributed by atoms with E-state index in [0.29, 0.717) is 18.3 Å². The standard InChI is InChI=1S/C18H23N5O2/c1-13-3-2-4-14(20-13)12-25-16-9-15-10-23(8-7-22(15)11-16)18(24)17-5-6-19-21-17/h2-6,15-16H,7-12H2,1H3,(H,19,21)/t15-,16+/m0/s1. The van der Waals surface area contributed by atoms with Crippen LogP contribution in [0.5, 0.6) is 0 Å². The SMILES string of the molecule is Cc1cccc(CO[C@@H]2C[C@H]3CN(C(=O)c4ccn[nH]4)CCN3C2)n1. The molecular weight excluding hydrogens is 318 g/mol. The van der Waals surface area contributed by atoms with Gasteiger partial charge in [-0.15, -0.1) is 0 Å². The highest BCUT2D eigenvalue weighted by atomic mass is 16.5. The molecule has 0 aliphatic carbocycles. The van der Waals surface area contributed by atoms with Gasteiger partial charge in [-0.25, -0.2) is 0 Å². The summed E-state index contributed by atoms with van der Waals surface area (Å²) in [5.41, 5.74) is 2.54. The molecule has 132 valence electrons. The second-order valence-corrected chi connectivity index (χ2v) is 6.81. The van der Waals surface area contributed by atoms with E-state index in [2.05, 4.69) is 20.1 Å². The average molecular weight is 341 g/mol. The topological polar surface area (TPSA) is 74.3 Å². The number of hydrogen-bond acceptors (Lipinski definition) is 5. The predicted octanol–water partition coefficient (Wildman–Crippen LogP) is 1.23. The zero-order valence-electron chi connectivity index (χ0n) is 14.4. The summed E-state index contributed by atoms with van der Waals surface area (Å²) in [5, 5.41) is 6.63.